The van der Waals surface area contributed by atoms with Gasteiger partial charge >= 0.3 is 5.97 Å². The highest BCUT2D eigenvalue weighted by molar-refractivity contribution is 6.30. The first kappa shape index (κ1) is 13.4. The van der Waals surface area contributed by atoms with Crippen LogP contribution in [0.3, 0.4) is 0 Å². The highest BCUT2D eigenvalue weighted by atomic mass is 35.5. The predicted octanol–water partition coefficient (Wildman–Crippen LogP) is 3.76. The van der Waals surface area contributed by atoms with Gasteiger partial charge in [0.2, 0.25) is 0 Å². The molecule has 0 heterocycles. The second-order valence-corrected chi connectivity index (χ2v) is 4.30. The summed E-state index contributed by atoms with van der Waals surface area (Å²) >= 11 is 5.75. The highest BCUT2D eigenvalue weighted by Gasteiger charge is 2.12. The molecule has 0 bridgehead atoms. The van der Waals surface area contributed by atoms with Gasteiger partial charge in [0, 0.05) is 5.02 Å². The molecule has 0 aromatic heterocycles. The normalized spacial score (nSPS) is 10.2. The van der Waals surface area contributed by atoms with Crippen LogP contribution in [0, 0.1) is 5.82 Å². The van der Waals surface area contributed by atoms with E-state index in [0.29, 0.717) is 5.02 Å². The Morgan fingerprint density at radius 2 is 1.89 bits per heavy atom. The number of carboxylic acids is 1. The minimum atomic E-state index is -1.23. The van der Waals surface area contributed by atoms with Crippen LogP contribution in [-0.2, 0) is 6.61 Å². The van der Waals surface area contributed by atoms with Crippen LogP contribution >= 0.6 is 11.6 Å². The maximum atomic E-state index is 13.0. The molecule has 19 heavy (non-hydrogen) atoms. The standard InChI is InChI=1S/C14H10ClFO3/c15-10-3-1-9(2-4-10)8-19-13-6-5-11(16)7-12(13)14(17)18/h1-7H,8H2,(H,17,18). The summed E-state index contributed by atoms with van der Waals surface area (Å²) in [6, 6.07) is 10.3. The first-order chi connectivity index (χ1) is 9.06. The van der Waals surface area contributed by atoms with Crippen LogP contribution in [0.5, 0.6) is 5.75 Å². The van der Waals surface area contributed by atoms with Crippen LogP contribution in [0.4, 0.5) is 4.39 Å². The van der Waals surface area contributed by atoms with Crippen molar-refractivity contribution in [1.29, 1.82) is 0 Å². The lowest BCUT2D eigenvalue weighted by atomic mass is 10.2. The Bertz CT molecular complexity index is 596. The average molecular weight is 281 g/mol. The van der Waals surface area contributed by atoms with Crippen molar-refractivity contribution in [3.8, 4) is 5.75 Å². The van der Waals surface area contributed by atoms with Crippen molar-refractivity contribution < 1.29 is 19.0 Å². The van der Waals surface area contributed by atoms with E-state index in [0.717, 1.165) is 17.7 Å². The summed E-state index contributed by atoms with van der Waals surface area (Å²) in [5.41, 5.74) is 0.638. The summed E-state index contributed by atoms with van der Waals surface area (Å²) in [5, 5.41) is 9.57. The summed E-state index contributed by atoms with van der Waals surface area (Å²) in [5.74, 6) is -1.72. The molecule has 5 heteroatoms. The maximum absolute atomic E-state index is 13.0. The fourth-order valence-corrected chi connectivity index (χ4v) is 1.66. The third-order valence-corrected chi connectivity index (χ3v) is 2.73. The molecule has 0 aliphatic heterocycles. The Labute approximate surface area is 114 Å². The van der Waals surface area contributed by atoms with Gasteiger partial charge < -0.3 is 9.84 Å². The highest BCUT2D eigenvalue weighted by Crippen LogP contribution is 2.21. The predicted molar refractivity (Wildman–Crippen MR) is 69.1 cm³/mol. The molecular weight excluding hydrogens is 271 g/mol. The Balaban J connectivity index is 2.15. The molecule has 0 fully saturated rings. The van der Waals surface area contributed by atoms with Gasteiger partial charge in [-0.1, -0.05) is 23.7 Å². The maximum Gasteiger partial charge on any atom is 0.339 e. The Hall–Kier alpha value is -2.07. The van der Waals surface area contributed by atoms with E-state index < -0.39 is 11.8 Å². The number of rotatable bonds is 4. The van der Waals surface area contributed by atoms with Crippen LogP contribution in [0.15, 0.2) is 42.5 Å². The lowest BCUT2D eigenvalue weighted by Crippen LogP contribution is -2.04. The lowest BCUT2D eigenvalue weighted by molar-refractivity contribution is 0.0691. The average Bonchev–Trinajstić information content (AvgIpc) is 2.39. The van der Waals surface area contributed by atoms with Crippen molar-refractivity contribution in [3.05, 3.63) is 64.4 Å². The van der Waals surface area contributed by atoms with Gasteiger partial charge in [-0.2, -0.15) is 0 Å². The van der Waals surface area contributed by atoms with E-state index in [-0.39, 0.29) is 17.9 Å². The number of ether oxygens (including phenoxy) is 1. The monoisotopic (exact) mass is 280 g/mol. The molecule has 0 radical (unpaired) electrons. The van der Waals surface area contributed by atoms with E-state index in [1.54, 1.807) is 24.3 Å². The summed E-state index contributed by atoms with van der Waals surface area (Å²) in [6.45, 7) is 0.184. The molecule has 2 aromatic rings. The van der Waals surface area contributed by atoms with Gasteiger partial charge in [0.1, 0.15) is 23.7 Å². The molecule has 2 rings (SSSR count). The summed E-state index contributed by atoms with van der Waals surface area (Å²) < 4.78 is 18.4. The van der Waals surface area contributed by atoms with E-state index >= 15 is 0 Å². The number of halogens is 2. The Kier molecular flexibility index (Phi) is 4.02. The van der Waals surface area contributed by atoms with Crippen molar-refractivity contribution in [3.63, 3.8) is 0 Å². The summed E-state index contributed by atoms with van der Waals surface area (Å²) in [7, 11) is 0. The zero-order valence-corrected chi connectivity index (χ0v) is 10.5. The van der Waals surface area contributed by atoms with E-state index in [9.17, 15) is 9.18 Å². The van der Waals surface area contributed by atoms with Crippen LogP contribution < -0.4 is 4.74 Å². The van der Waals surface area contributed by atoms with Crippen molar-refractivity contribution in [2.24, 2.45) is 0 Å². The second kappa shape index (κ2) is 5.71. The van der Waals surface area contributed by atoms with Crippen LogP contribution in [0.1, 0.15) is 15.9 Å². The van der Waals surface area contributed by atoms with Crippen LogP contribution in [-0.4, -0.2) is 11.1 Å². The van der Waals surface area contributed by atoms with Gasteiger partial charge in [-0.25, -0.2) is 9.18 Å². The minimum absolute atomic E-state index is 0.129. The van der Waals surface area contributed by atoms with E-state index in [1.165, 1.54) is 6.07 Å². The van der Waals surface area contributed by atoms with Gasteiger partial charge in [-0.15, -0.1) is 0 Å². The van der Waals surface area contributed by atoms with E-state index in [2.05, 4.69) is 0 Å². The number of aromatic carboxylic acids is 1. The lowest BCUT2D eigenvalue weighted by Gasteiger charge is -2.09. The molecule has 3 nitrogen and oxygen atoms in total. The number of hydrogen-bond acceptors (Lipinski definition) is 2. The Morgan fingerprint density at radius 1 is 1.21 bits per heavy atom. The second-order valence-electron chi connectivity index (χ2n) is 3.86. The zero-order valence-electron chi connectivity index (χ0n) is 9.77. The fraction of sp³-hybridized carbons (Fsp3) is 0.0714. The summed E-state index contributed by atoms with van der Waals surface area (Å²) in [4.78, 5) is 11.0. The number of carbonyl (C=O) groups is 1. The van der Waals surface area contributed by atoms with Crippen molar-refractivity contribution in [2.75, 3.05) is 0 Å². The molecule has 2 aromatic carbocycles. The molecule has 0 saturated heterocycles. The van der Waals surface area contributed by atoms with Gasteiger partial charge in [0.25, 0.3) is 0 Å². The molecule has 0 aliphatic rings. The molecular formula is C14H10ClFO3. The van der Waals surface area contributed by atoms with Crippen LogP contribution in [0.2, 0.25) is 5.02 Å². The van der Waals surface area contributed by atoms with Crippen molar-refractivity contribution in [1.82, 2.24) is 0 Å². The third kappa shape index (κ3) is 3.45. The van der Waals surface area contributed by atoms with Crippen molar-refractivity contribution in [2.45, 2.75) is 6.61 Å². The topological polar surface area (TPSA) is 46.5 Å². The largest absolute Gasteiger partial charge is 0.488 e. The minimum Gasteiger partial charge on any atom is -0.488 e. The number of carboxylic acid groups (broad SMARTS) is 1. The van der Waals surface area contributed by atoms with Gasteiger partial charge in [-0.3, -0.25) is 0 Å². The van der Waals surface area contributed by atoms with E-state index in [4.69, 9.17) is 21.4 Å². The van der Waals surface area contributed by atoms with Gasteiger partial charge in [-0.05, 0) is 35.9 Å². The quantitative estimate of drug-likeness (QED) is 0.927. The number of hydrogen-bond donors (Lipinski definition) is 1. The van der Waals surface area contributed by atoms with Crippen LogP contribution in [0.25, 0.3) is 0 Å². The molecule has 0 amide bonds. The molecule has 0 saturated carbocycles. The molecule has 98 valence electrons. The van der Waals surface area contributed by atoms with E-state index in [1.807, 2.05) is 0 Å². The fourth-order valence-electron chi connectivity index (χ4n) is 1.54. The first-order valence-electron chi connectivity index (χ1n) is 5.46. The molecule has 0 atom stereocenters. The molecule has 0 aliphatic carbocycles. The molecule has 0 spiro atoms. The SMILES string of the molecule is O=C(O)c1cc(F)ccc1OCc1ccc(Cl)cc1. The van der Waals surface area contributed by atoms with Gasteiger partial charge in [0.15, 0.2) is 0 Å². The summed E-state index contributed by atoms with van der Waals surface area (Å²) in [6.07, 6.45) is 0. The smallest absolute Gasteiger partial charge is 0.339 e. The zero-order chi connectivity index (χ0) is 13.8. The Morgan fingerprint density at radius 3 is 2.53 bits per heavy atom. The number of benzene rings is 2. The molecule has 0 unspecified atom stereocenters. The van der Waals surface area contributed by atoms with Crippen molar-refractivity contribution >= 4 is 17.6 Å². The van der Waals surface area contributed by atoms with Gasteiger partial charge in [0.05, 0.1) is 0 Å². The molecule has 1 N–H and O–H groups in total. The first-order valence-corrected chi connectivity index (χ1v) is 5.84. The third-order valence-electron chi connectivity index (χ3n) is 2.48.